The molecule has 4 N–H and O–H groups in total. The molecule has 5 nitrogen and oxygen atoms in total. The molecule has 0 aliphatic carbocycles. The Kier molecular flexibility index (Phi) is 8.59. The lowest BCUT2D eigenvalue weighted by atomic mass is 10.0. The summed E-state index contributed by atoms with van der Waals surface area (Å²) < 4.78 is 4.88. The number of methoxy groups -OCH3 is 1. The van der Waals surface area contributed by atoms with Crippen molar-refractivity contribution in [3.05, 3.63) is 0 Å². The molecular formula is C11H24N2O3S. The van der Waals surface area contributed by atoms with Crippen molar-refractivity contribution in [3.63, 3.8) is 0 Å². The van der Waals surface area contributed by atoms with Gasteiger partial charge < -0.3 is 20.9 Å². The van der Waals surface area contributed by atoms with Crippen LogP contribution in [0.5, 0.6) is 0 Å². The molecule has 2 atom stereocenters. The monoisotopic (exact) mass is 264 g/mol. The molecule has 0 radical (unpaired) electrons. The number of rotatable bonds is 9. The maximum absolute atomic E-state index is 11.6. The van der Waals surface area contributed by atoms with Crippen LogP contribution in [0.2, 0.25) is 0 Å². The van der Waals surface area contributed by atoms with E-state index < -0.39 is 11.6 Å². The molecule has 17 heavy (non-hydrogen) atoms. The van der Waals surface area contributed by atoms with Gasteiger partial charge in [-0.05, 0) is 25.4 Å². The smallest absolute Gasteiger partial charge is 0.237 e. The van der Waals surface area contributed by atoms with Crippen LogP contribution in [0.3, 0.4) is 0 Å². The van der Waals surface area contributed by atoms with Gasteiger partial charge in [0, 0.05) is 26.7 Å². The van der Waals surface area contributed by atoms with Gasteiger partial charge in [0.15, 0.2) is 0 Å². The molecule has 1 unspecified atom stereocenters. The summed E-state index contributed by atoms with van der Waals surface area (Å²) in [7, 11) is 1.58. The van der Waals surface area contributed by atoms with Gasteiger partial charge in [0.25, 0.3) is 0 Å². The van der Waals surface area contributed by atoms with Crippen molar-refractivity contribution in [2.24, 2.45) is 5.73 Å². The van der Waals surface area contributed by atoms with Gasteiger partial charge in [-0.1, -0.05) is 0 Å². The third-order valence-corrected chi connectivity index (χ3v) is 3.10. The van der Waals surface area contributed by atoms with E-state index in [4.69, 9.17) is 10.5 Å². The number of amides is 1. The SMILES string of the molecule is COCCC(C)(O)CNC(=O)[C@@H](N)CCSC. The van der Waals surface area contributed by atoms with E-state index in [1.807, 2.05) is 6.26 Å². The molecule has 0 bridgehead atoms. The number of aliphatic hydroxyl groups is 1. The topological polar surface area (TPSA) is 84.6 Å². The Bertz CT molecular complexity index is 225. The number of hydrogen-bond acceptors (Lipinski definition) is 5. The summed E-state index contributed by atoms with van der Waals surface area (Å²) in [4.78, 5) is 11.6. The van der Waals surface area contributed by atoms with Crippen molar-refractivity contribution in [2.45, 2.75) is 31.4 Å². The Labute approximate surface area is 107 Å². The van der Waals surface area contributed by atoms with Crippen LogP contribution in [0, 0.1) is 0 Å². The summed E-state index contributed by atoms with van der Waals surface area (Å²) in [6.07, 6.45) is 3.09. The highest BCUT2D eigenvalue weighted by molar-refractivity contribution is 7.98. The zero-order chi connectivity index (χ0) is 13.3. The van der Waals surface area contributed by atoms with Gasteiger partial charge in [-0.15, -0.1) is 0 Å². The highest BCUT2D eigenvalue weighted by Gasteiger charge is 2.22. The van der Waals surface area contributed by atoms with Crippen molar-refractivity contribution in [1.82, 2.24) is 5.32 Å². The quantitative estimate of drug-likeness (QED) is 0.544. The highest BCUT2D eigenvalue weighted by atomic mass is 32.2. The molecule has 1 amide bonds. The lowest BCUT2D eigenvalue weighted by Crippen LogP contribution is -2.47. The van der Waals surface area contributed by atoms with Gasteiger partial charge in [-0.25, -0.2) is 0 Å². The van der Waals surface area contributed by atoms with E-state index in [-0.39, 0.29) is 12.5 Å². The summed E-state index contributed by atoms with van der Waals surface area (Å²) >= 11 is 1.66. The van der Waals surface area contributed by atoms with Crippen molar-refractivity contribution in [3.8, 4) is 0 Å². The van der Waals surface area contributed by atoms with Crippen LogP contribution in [0.4, 0.5) is 0 Å². The molecule has 0 rings (SSSR count). The number of thioether (sulfide) groups is 1. The molecular weight excluding hydrogens is 240 g/mol. The van der Waals surface area contributed by atoms with Crippen LogP contribution in [0.15, 0.2) is 0 Å². The number of nitrogens with two attached hydrogens (primary N) is 1. The van der Waals surface area contributed by atoms with Crippen molar-refractivity contribution < 1.29 is 14.6 Å². The van der Waals surface area contributed by atoms with Crippen LogP contribution in [-0.4, -0.2) is 54.9 Å². The minimum Gasteiger partial charge on any atom is -0.388 e. The summed E-state index contributed by atoms with van der Waals surface area (Å²) in [5.74, 6) is 0.644. The summed E-state index contributed by atoms with van der Waals surface area (Å²) in [5, 5.41) is 12.6. The fraction of sp³-hybridized carbons (Fsp3) is 0.909. The molecule has 0 fully saturated rings. The van der Waals surface area contributed by atoms with Crippen molar-refractivity contribution in [1.29, 1.82) is 0 Å². The zero-order valence-electron chi connectivity index (χ0n) is 10.9. The second-order valence-electron chi connectivity index (χ2n) is 4.35. The van der Waals surface area contributed by atoms with Crippen molar-refractivity contribution >= 4 is 17.7 Å². The average molecular weight is 264 g/mol. The van der Waals surface area contributed by atoms with Crippen LogP contribution in [0.1, 0.15) is 19.8 Å². The van der Waals surface area contributed by atoms with Crippen LogP contribution in [0.25, 0.3) is 0 Å². The minimum absolute atomic E-state index is 0.197. The first-order valence-corrected chi connectivity index (χ1v) is 7.06. The lowest BCUT2D eigenvalue weighted by Gasteiger charge is -2.24. The van der Waals surface area contributed by atoms with Gasteiger partial charge in [-0.3, -0.25) is 4.79 Å². The molecule has 102 valence electrons. The average Bonchev–Trinajstić information content (AvgIpc) is 2.30. The maximum atomic E-state index is 11.6. The summed E-state index contributed by atoms with van der Waals surface area (Å²) in [6, 6.07) is -0.499. The minimum atomic E-state index is -0.953. The Balaban J connectivity index is 3.88. The summed E-state index contributed by atoms with van der Waals surface area (Å²) in [6.45, 7) is 2.32. The highest BCUT2D eigenvalue weighted by Crippen LogP contribution is 2.07. The number of carbonyl (C=O) groups excluding carboxylic acids is 1. The molecule has 0 aromatic heterocycles. The molecule has 0 heterocycles. The molecule has 0 aromatic rings. The number of hydrogen-bond donors (Lipinski definition) is 3. The fourth-order valence-electron chi connectivity index (χ4n) is 1.19. The zero-order valence-corrected chi connectivity index (χ0v) is 11.7. The van der Waals surface area contributed by atoms with Crippen molar-refractivity contribution in [2.75, 3.05) is 32.3 Å². The van der Waals surface area contributed by atoms with Gasteiger partial charge >= 0.3 is 0 Å². The Morgan fingerprint density at radius 3 is 2.82 bits per heavy atom. The lowest BCUT2D eigenvalue weighted by molar-refractivity contribution is -0.123. The molecule has 0 aliphatic rings. The van der Waals surface area contributed by atoms with E-state index in [2.05, 4.69) is 5.32 Å². The number of nitrogens with one attached hydrogen (secondary N) is 1. The van der Waals surface area contributed by atoms with E-state index in [1.54, 1.807) is 25.8 Å². The predicted molar refractivity (Wildman–Crippen MR) is 71.1 cm³/mol. The largest absolute Gasteiger partial charge is 0.388 e. The standard InChI is InChI=1S/C11H24N2O3S/c1-11(15,5-6-16-2)8-13-10(14)9(12)4-7-17-3/h9,15H,4-8,12H2,1-3H3,(H,13,14)/t9-,11?/m0/s1. The molecule has 6 heteroatoms. The van der Waals surface area contributed by atoms with Gasteiger partial charge in [0.1, 0.15) is 0 Å². The van der Waals surface area contributed by atoms with Gasteiger partial charge in [-0.2, -0.15) is 11.8 Å². The second-order valence-corrected chi connectivity index (χ2v) is 5.33. The van der Waals surface area contributed by atoms with E-state index in [0.717, 1.165) is 5.75 Å². The first-order chi connectivity index (χ1) is 7.93. The van der Waals surface area contributed by atoms with Gasteiger partial charge in [0.2, 0.25) is 5.91 Å². The molecule has 0 aliphatic heterocycles. The van der Waals surface area contributed by atoms with E-state index >= 15 is 0 Å². The summed E-state index contributed by atoms with van der Waals surface area (Å²) in [5.41, 5.74) is 4.75. The molecule has 0 saturated carbocycles. The Hall–Kier alpha value is -0.300. The third-order valence-electron chi connectivity index (χ3n) is 2.46. The van der Waals surface area contributed by atoms with Gasteiger partial charge in [0.05, 0.1) is 11.6 Å². The maximum Gasteiger partial charge on any atom is 0.237 e. The fourth-order valence-corrected chi connectivity index (χ4v) is 1.68. The van der Waals surface area contributed by atoms with Crippen LogP contribution < -0.4 is 11.1 Å². The first-order valence-electron chi connectivity index (χ1n) is 5.66. The molecule has 0 spiro atoms. The van der Waals surface area contributed by atoms with Crippen LogP contribution >= 0.6 is 11.8 Å². The first kappa shape index (κ1) is 16.7. The number of carbonyl (C=O) groups is 1. The van der Waals surface area contributed by atoms with E-state index in [9.17, 15) is 9.90 Å². The molecule has 0 aromatic carbocycles. The predicted octanol–water partition coefficient (Wildman–Crippen LogP) is -0.0295. The third kappa shape index (κ3) is 8.43. The normalized spacial score (nSPS) is 16.3. The Morgan fingerprint density at radius 2 is 2.29 bits per heavy atom. The number of ether oxygens (including phenoxy) is 1. The molecule has 0 saturated heterocycles. The van der Waals surface area contributed by atoms with E-state index in [1.165, 1.54) is 0 Å². The second kappa shape index (κ2) is 8.74. The van der Waals surface area contributed by atoms with E-state index in [0.29, 0.717) is 19.4 Å². The van der Waals surface area contributed by atoms with Crippen LogP contribution in [-0.2, 0) is 9.53 Å². The Morgan fingerprint density at radius 1 is 1.65 bits per heavy atom.